The Bertz CT molecular complexity index is 491. The molecular formula is C13H16N2O5. The van der Waals surface area contributed by atoms with Crippen molar-refractivity contribution in [2.45, 2.75) is 18.9 Å². The highest BCUT2D eigenvalue weighted by Gasteiger charge is 2.29. The molecule has 7 heteroatoms. The largest absolute Gasteiger partial charge is 0.478 e. The Morgan fingerprint density at radius 1 is 1.45 bits per heavy atom. The summed E-state index contributed by atoms with van der Waals surface area (Å²) >= 11 is 0. The molecule has 1 aliphatic rings. The number of para-hydroxylation sites is 1. The molecule has 1 N–H and O–H groups in total. The second-order valence-electron chi connectivity index (χ2n) is 4.66. The third-order valence-electron chi connectivity index (χ3n) is 3.53. The lowest BCUT2D eigenvalue weighted by Gasteiger charge is -2.33. The number of carbonyl (C=O) groups is 1. The number of ether oxygens (including phenoxy) is 1. The SMILES string of the molecule is COC1CCN(c2c(C(=O)O)cccc2[N+](=O)[O-])CC1. The van der Waals surface area contributed by atoms with Gasteiger partial charge in [-0.05, 0) is 18.9 Å². The number of rotatable bonds is 4. The van der Waals surface area contributed by atoms with Crippen LogP contribution in [-0.2, 0) is 4.74 Å². The van der Waals surface area contributed by atoms with Gasteiger partial charge in [0.05, 0.1) is 16.6 Å². The van der Waals surface area contributed by atoms with Gasteiger partial charge in [-0.1, -0.05) is 6.07 Å². The fraction of sp³-hybridized carbons (Fsp3) is 0.462. The standard InChI is InChI=1S/C13H16N2O5/c1-20-9-5-7-14(8-6-9)12-10(13(16)17)3-2-4-11(12)15(18)19/h2-4,9H,5-8H2,1H3,(H,16,17). The maximum Gasteiger partial charge on any atom is 0.338 e. The molecule has 0 radical (unpaired) electrons. The molecule has 1 heterocycles. The molecule has 1 fully saturated rings. The minimum atomic E-state index is -1.16. The van der Waals surface area contributed by atoms with Crippen LogP contribution in [0.25, 0.3) is 0 Å². The molecular weight excluding hydrogens is 264 g/mol. The number of hydrogen-bond donors (Lipinski definition) is 1. The van der Waals surface area contributed by atoms with Crippen molar-refractivity contribution >= 4 is 17.3 Å². The van der Waals surface area contributed by atoms with Crippen LogP contribution in [0.2, 0.25) is 0 Å². The van der Waals surface area contributed by atoms with Gasteiger partial charge >= 0.3 is 5.97 Å². The monoisotopic (exact) mass is 280 g/mol. The number of anilines is 1. The third-order valence-corrected chi connectivity index (χ3v) is 3.53. The highest BCUT2D eigenvalue weighted by Crippen LogP contribution is 2.34. The summed E-state index contributed by atoms with van der Waals surface area (Å²) in [7, 11) is 1.63. The van der Waals surface area contributed by atoms with Crippen molar-refractivity contribution in [2.75, 3.05) is 25.1 Å². The summed E-state index contributed by atoms with van der Waals surface area (Å²) in [6, 6.07) is 4.13. The molecule has 0 saturated carbocycles. The van der Waals surface area contributed by atoms with Crippen molar-refractivity contribution in [3.63, 3.8) is 0 Å². The second-order valence-corrected chi connectivity index (χ2v) is 4.66. The first kappa shape index (κ1) is 14.3. The Labute approximate surface area is 115 Å². The van der Waals surface area contributed by atoms with E-state index in [1.807, 2.05) is 0 Å². The number of piperidine rings is 1. The quantitative estimate of drug-likeness (QED) is 0.669. The summed E-state index contributed by atoms with van der Waals surface area (Å²) in [6.45, 7) is 1.09. The number of aromatic carboxylic acids is 1. The van der Waals surface area contributed by atoms with Crippen LogP contribution in [0.1, 0.15) is 23.2 Å². The Morgan fingerprint density at radius 2 is 2.10 bits per heavy atom. The van der Waals surface area contributed by atoms with Gasteiger partial charge in [-0.15, -0.1) is 0 Å². The van der Waals surface area contributed by atoms with Crippen LogP contribution in [-0.4, -0.2) is 42.3 Å². The molecule has 0 atom stereocenters. The molecule has 1 saturated heterocycles. The number of carboxylic acid groups (broad SMARTS) is 1. The summed E-state index contributed by atoms with van der Waals surface area (Å²) < 4.78 is 5.25. The molecule has 0 amide bonds. The lowest BCUT2D eigenvalue weighted by molar-refractivity contribution is -0.384. The van der Waals surface area contributed by atoms with E-state index < -0.39 is 10.9 Å². The summed E-state index contributed by atoms with van der Waals surface area (Å²) in [5, 5.41) is 20.3. The first-order valence-electron chi connectivity index (χ1n) is 6.33. The van der Waals surface area contributed by atoms with E-state index in [0.717, 1.165) is 12.8 Å². The van der Waals surface area contributed by atoms with Gasteiger partial charge < -0.3 is 14.7 Å². The molecule has 0 spiro atoms. The Kier molecular flexibility index (Phi) is 4.19. The highest BCUT2D eigenvalue weighted by atomic mass is 16.6. The van der Waals surface area contributed by atoms with Crippen molar-refractivity contribution in [2.24, 2.45) is 0 Å². The molecule has 1 aliphatic heterocycles. The van der Waals surface area contributed by atoms with Gasteiger partial charge in [0.1, 0.15) is 5.69 Å². The average Bonchev–Trinajstić information content (AvgIpc) is 2.46. The molecule has 0 bridgehead atoms. The lowest BCUT2D eigenvalue weighted by atomic mass is 10.0. The number of hydrogen-bond acceptors (Lipinski definition) is 5. The number of nitrogens with zero attached hydrogens (tertiary/aromatic N) is 2. The van der Waals surface area contributed by atoms with Gasteiger partial charge in [0.15, 0.2) is 0 Å². The number of nitro groups is 1. The van der Waals surface area contributed by atoms with Gasteiger partial charge in [0.25, 0.3) is 5.69 Å². The predicted octanol–water partition coefficient (Wildman–Crippen LogP) is 1.91. The van der Waals surface area contributed by atoms with E-state index in [1.165, 1.54) is 18.2 Å². The van der Waals surface area contributed by atoms with Crippen LogP contribution in [0.5, 0.6) is 0 Å². The average molecular weight is 280 g/mol. The molecule has 1 aromatic carbocycles. The van der Waals surface area contributed by atoms with E-state index >= 15 is 0 Å². The Morgan fingerprint density at radius 3 is 2.60 bits per heavy atom. The number of nitro benzene ring substituents is 1. The van der Waals surface area contributed by atoms with Crippen molar-refractivity contribution in [1.82, 2.24) is 0 Å². The maximum absolute atomic E-state index is 11.3. The van der Waals surface area contributed by atoms with Crippen LogP contribution >= 0.6 is 0 Å². The summed E-state index contributed by atoms with van der Waals surface area (Å²) in [5.74, 6) is -1.16. The number of carboxylic acids is 1. The molecule has 108 valence electrons. The van der Waals surface area contributed by atoms with Crippen molar-refractivity contribution in [1.29, 1.82) is 0 Å². The van der Waals surface area contributed by atoms with Crippen LogP contribution in [0.3, 0.4) is 0 Å². The van der Waals surface area contributed by atoms with E-state index in [2.05, 4.69) is 0 Å². The van der Waals surface area contributed by atoms with E-state index in [1.54, 1.807) is 12.0 Å². The van der Waals surface area contributed by atoms with Gasteiger partial charge in [0.2, 0.25) is 0 Å². The third kappa shape index (κ3) is 2.72. The molecule has 0 aromatic heterocycles. The molecule has 2 rings (SSSR count). The second kappa shape index (κ2) is 5.87. The smallest absolute Gasteiger partial charge is 0.338 e. The van der Waals surface area contributed by atoms with Crippen molar-refractivity contribution in [3.8, 4) is 0 Å². The summed E-state index contributed by atoms with van der Waals surface area (Å²) in [4.78, 5) is 23.6. The first-order valence-corrected chi connectivity index (χ1v) is 6.33. The summed E-state index contributed by atoms with van der Waals surface area (Å²) in [5.41, 5.74) is -0.00427. The van der Waals surface area contributed by atoms with Gasteiger partial charge in [-0.3, -0.25) is 10.1 Å². The predicted molar refractivity (Wildman–Crippen MR) is 72.3 cm³/mol. The number of methoxy groups -OCH3 is 1. The van der Waals surface area contributed by atoms with Gasteiger partial charge in [-0.2, -0.15) is 0 Å². The topological polar surface area (TPSA) is 92.9 Å². The van der Waals surface area contributed by atoms with Crippen LogP contribution in [0, 0.1) is 10.1 Å². The first-order chi connectivity index (χ1) is 9.54. The minimum Gasteiger partial charge on any atom is -0.478 e. The minimum absolute atomic E-state index is 0.0323. The molecule has 0 unspecified atom stereocenters. The van der Waals surface area contributed by atoms with Crippen molar-refractivity contribution < 1.29 is 19.6 Å². The Balaban J connectivity index is 2.38. The zero-order valence-corrected chi connectivity index (χ0v) is 11.1. The van der Waals surface area contributed by atoms with E-state index in [0.29, 0.717) is 13.1 Å². The lowest BCUT2D eigenvalue weighted by Crippen LogP contribution is -2.37. The normalized spacial score (nSPS) is 16.1. The van der Waals surface area contributed by atoms with E-state index in [-0.39, 0.29) is 23.0 Å². The zero-order valence-electron chi connectivity index (χ0n) is 11.1. The van der Waals surface area contributed by atoms with Gasteiger partial charge in [-0.25, -0.2) is 4.79 Å². The fourth-order valence-corrected chi connectivity index (χ4v) is 2.50. The molecule has 1 aromatic rings. The van der Waals surface area contributed by atoms with Crippen LogP contribution in [0.15, 0.2) is 18.2 Å². The number of benzene rings is 1. The molecule has 7 nitrogen and oxygen atoms in total. The van der Waals surface area contributed by atoms with Crippen LogP contribution in [0.4, 0.5) is 11.4 Å². The van der Waals surface area contributed by atoms with Crippen LogP contribution < -0.4 is 4.90 Å². The summed E-state index contributed by atoms with van der Waals surface area (Å²) in [6.07, 6.45) is 1.57. The maximum atomic E-state index is 11.3. The Hall–Kier alpha value is -2.15. The highest BCUT2D eigenvalue weighted by molar-refractivity contribution is 5.97. The van der Waals surface area contributed by atoms with Gasteiger partial charge in [0, 0.05) is 26.3 Å². The van der Waals surface area contributed by atoms with E-state index in [4.69, 9.17) is 4.74 Å². The zero-order chi connectivity index (χ0) is 14.7. The molecule has 0 aliphatic carbocycles. The van der Waals surface area contributed by atoms with E-state index in [9.17, 15) is 20.0 Å². The molecule has 20 heavy (non-hydrogen) atoms. The van der Waals surface area contributed by atoms with Crippen molar-refractivity contribution in [3.05, 3.63) is 33.9 Å². The fourth-order valence-electron chi connectivity index (χ4n) is 2.50.